The Balaban J connectivity index is 1.62. The molecular formula is C13H19ClN2O. The van der Waals surface area contributed by atoms with Crippen molar-refractivity contribution in [1.29, 1.82) is 0 Å². The first kappa shape index (κ1) is 12.8. The van der Waals surface area contributed by atoms with Gasteiger partial charge in [0.05, 0.1) is 13.2 Å². The minimum Gasteiger partial charge on any atom is -0.379 e. The first-order valence-corrected chi connectivity index (χ1v) is 6.48. The Kier molecular flexibility index (Phi) is 5.26. The van der Waals surface area contributed by atoms with E-state index in [1.165, 1.54) is 5.56 Å². The Morgan fingerprint density at radius 2 is 2.12 bits per heavy atom. The Bertz CT molecular complexity index is 340. The predicted octanol–water partition coefficient (Wildman–Crippen LogP) is 1.76. The molecule has 0 unspecified atom stereocenters. The second-order valence-electron chi connectivity index (χ2n) is 4.26. The summed E-state index contributed by atoms with van der Waals surface area (Å²) in [7, 11) is 0. The van der Waals surface area contributed by atoms with Crippen LogP contribution < -0.4 is 5.32 Å². The molecule has 1 aromatic carbocycles. The van der Waals surface area contributed by atoms with Crippen LogP contribution in [0.2, 0.25) is 5.02 Å². The fraction of sp³-hybridized carbons (Fsp3) is 0.538. The SMILES string of the molecule is Clc1cccc(CNCCN2CCOCC2)c1. The minimum atomic E-state index is 0.803. The standard InChI is InChI=1S/C13H19ClN2O/c14-13-3-1-2-12(10-13)11-15-4-5-16-6-8-17-9-7-16/h1-3,10,15H,4-9,11H2. The van der Waals surface area contributed by atoms with Crippen LogP contribution in [0.25, 0.3) is 0 Å². The van der Waals surface area contributed by atoms with Crippen LogP contribution in [0.15, 0.2) is 24.3 Å². The van der Waals surface area contributed by atoms with Gasteiger partial charge in [-0.25, -0.2) is 0 Å². The molecule has 0 saturated carbocycles. The molecule has 1 heterocycles. The van der Waals surface area contributed by atoms with Crippen LogP contribution in [0.3, 0.4) is 0 Å². The lowest BCUT2D eigenvalue weighted by atomic mass is 10.2. The van der Waals surface area contributed by atoms with E-state index < -0.39 is 0 Å². The Labute approximate surface area is 108 Å². The maximum absolute atomic E-state index is 5.93. The molecule has 0 aliphatic carbocycles. The Morgan fingerprint density at radius 3 is 2.88 bits per heavy atom. The van der Waals surface area contributed by atoms with Crippen LogP contribution in [-0.2, 0) is 11.3 Å². The maximum atomic E-state index is 5.93. The van der Waals surface area contributed by atoms with Crippen molar-refractivity contribution < 1.29 is 4.74 Å². The molecule has 1 fully saturated rings. The fourth-order valence-corrected chi connectivity index (χ4v) is 2.15. The molecule has 0 atom stereocenters. The summed E-state index contributed by atoms with van der Waals surface area (Å²) in [6.07, 6.45) is 0. The Morgan fingerprint density at radius 1 is 1.29 bits per heavy atom. The molecule has 0 radical (unpaired) electrons. The normalized spacial score (nSPS) is 17.2. The summed E-state index contributed by atoms with van der Waals surface area (Å²) in [4.78, 5) is 2.43. The van der Waals surface area contributed by atoms with Crippen molar-refractivity contribution in [3.8, 4) is 0 Å². The smallest absolute Gasteiger partial charge is 0.0594 e. The summed E-state index contributed by atoms with van der Waals surface area (Å²) in [5.41, 5.74) is 1.24. The second-order valence-corrected chi connectivity index (χ2v) is 4.70. The molecule has 1 aromatic rings. The summed E-state index contributed by atoms with van der Waals surface area (Å²) in [5, 5.41) is 4.24. The van der Waals surface area contributed by atoms with Crippen molar-refractivity contribution in [3.63, 3.8) is 0 Å². The van der Waals surface area contributed by atoms with E-state index in [-0.39, 0.29) is 0 Å². The zero-order valence-corrected chi connectivity index (χ0v) is 10.7. The molecule has 17 heavy (non-hydrogen) atoms. The van der Waals surface area contributed by atoms with E-state index in [4.69, 9.17) is 16.3 Å². The number of hydrogen-bond donors (Lipinski definition) is 1. The number of ether oxygens (including phenoxy) is 1. The lowest BCUT2D eigenvalue weighted by Crippen LogP contribution is -2.40. The average molecular weight is 255 g/mol. The van der Waals surface area contributed by atoms with Crippen molar-refractivity contribution in [1.82, 2.24) is 10.2 Å². The molecule has 2 rings (SSSR count). The van der Waals surface area contributed by atoms with Gasteiger partial charge in [-0.3, -0.25) is 4.90 Å². The van der Waals surface area contributed by atoms with Crippen molar-refractivity contribution in [3.05, 3.63) is 34.9 Å². The third kappa shape index (κ3) is 4.64. The lowest BCUT2D eigenvalue weighted by molar-refractivity contribution is 0.0384. The largest absolute Gasteiger partial charge is 0.379 e. The van der Waals surface area contributed by atoms with Gasteiger partial charge in [0.15, 0.2) is 0 Å². The molecule has 0 amide bonds. The zero-order valence-electron chi connectivity index (χ0n) is 9.99. The van der Waals surface area contributed by atoms with Crippen LogP contribution in [0.1, 0.15) is 5.56 Å². The number of nitrogens with zero attached hydrogens (tertiary/aromatic N) is 1. The van der Waals surface area contributed by atoms with Crippen molar-refractivity contribution in [2.75, 3.05) is 39.4 Å². The second kappa shape index (κ2) is 6.97. The molecule has 94 valence electrons. The van der Waals surface area contributed by atoms with E-state index >= 15 is 0 Å². The highest BCUT2D eigenvalue weighted by atomic mass is 35.5. The van der Waals surface area contributed by atoms with Gasteiger partial charge in [0.2, 0.25) is 0 Å². The third-order valence-corrected chi connectivity index (χ3v) is 3.16. The van der Waals surface area contributed by atoms with Gasteiger partial charge in [-0.1, -0.05) is 23.7 Å². The van der Waals surface area contributed by atoms with Crippen LogP contribution in [-0.4, -0.2) is 44.3 Å². The number of hydrogen-bond acceptors (Lipinski definition) is 3. The molecule has 0 bridgehead atoms. The van der Waals surface area contributed by atoms with Gasteiger partial charge >= 0.3 is 0 Å². The van der Waals surface area contributed by atoms with Gasteiger partial charge in [0.25, 0.3) is 0 Å². The number of benzene rings is 1. The summed E-state index contributed by atoms with van der Waals surface area (Å²) in [6.45, 7) is 6.82. The number of rotatable bonds is 5. The highest BCUT2D eigenvalue weighted by Crippen LogP contribution is 2.10. The predicted molar refractivity (Wildman–Crippen MR) is 70.4 cm³/mol. The van der Waals surface area contributed by atoms with E-state index in [9.17, 15) is 0 Å². The van der Waals surface area contributed by atoms with Crippen LogP contribution in [0.4, 0.5) is 0 Å². The first-order chi connectivity index (χ1) is 8.34. The summed E-state index contributed by atoms with van der Waals surface area (Å²) in [5.74, 6) is 0. The van der Waals surface area contributed by atoms with Gasteiger partial charge in [-0.15, -0.1) is 0 Å². The topological polar surface area (TPSA) is 24.5 Å². The van der Waals surface area contributed by atoms with Crippen LogP contribution >= 0.6 is 11.6 Å². The molecule has 3 nitrogen and oxygen atoms in total. The molecule has 1 N–H and O–H groups in total. The number of halogens is 1. The maximum Gasteiger partial charge on any atom is 0.0594 e. The lowest BCUT2D eigenvalue weighted by Gasteiger charge is -2.26. The van der Waals surface area contributed by atoms with Gasteiger partial charge in [-0.2, -0.15) is 0 Å². The Hall–Kier alpha value is -0.610. The molecule has 0 spiro atoms. The molecular weight excluding hydrogens is 236 g/mol. The molecule has 1 saturated heterocycles. The van der Waals surface area contributed by atoms with Crippen LogP contribution in [0, 0.1) is 0 Å². The monoisotopic (exact) mass is 254 g/mol. The summed E-state index contributed by atoms with van der Waals surface area (Å²) in [6, 6.07) is 7.98. The number of morpholine rings is 1. The van der Waals surface area contributed by atoms with Crippen molar-refractivity contribution >= 4 is 11.6 Å². The molecule has 1 aliphatic rings. The fourth-order valence-electron chi connectivity index (χ4n) is 1.94. The van der Waals surface area contributed by atoms with E-state index in [1.807, 2.05) is 18.2 Å². The van der Waals surface area contributed by atoms with Crippen molar-refractivity contribution in [2.45, 2.75) is 6.54 Å². The van der Waals surface area contributed by atoms with Gasteiger partial charge in [0.1, 0.15) is 0 Å². The average Bonchev–Trinajstić information content (AvgIpc) is 2.36. The molecule has 1 aliphatic heterocycles. The van der Waals surface area contributed by atoms with Crippen molar-refractivity contribution in [2.24, 2.45) is 0 Å². The third-order valence-electron chi connectivity index (χ3n) is 2.93. The zero-order chi connectivity index (χ0) is 11.9. The van der Waals surface area contributed by atoms with E-state index in [2.05, 4.69) is 16.3 Å². The summed E-state index contributed by atoms with van der Waals surface area (Å²) >= 11 is 5.93. The quantitative estimate of drug-likeness (QED) is 0.811. The van der Waals surface area contributed by atoms with E-state index in [0.29, 0.717) is 0 Å². The van der Waals surface area contributed by atoms with Gasteiger partial charge < -0.3 is 10.1 Å². The molecule has 4 heteroatoms. The highest BCUT2D eigenvalue weighted by molar-refractivity contribution is 6.30. The van der Waals surface area contributed by atoms with E-state index in [0.717, 1.165) is 51.0 Å². The summed E-state index contributed by atoms with van der Waals surface area (Å²) < 4.78 is 5.31. The van der Waals surface area contributed by atoms with Gasteiger partial charge in [-0.05, 0) is 17.7 Å². The highest BCUT2D eigenvalue weighted by Gasteiger charge is 2.08. The minimum absolute atomic E-state index is 0.803. The van der Waals surface area contributed by atoms with E-state index in [1.54, 1.807) is 0 Å². The van der Waals surface area contributed by atoms with Gasteiger partial charge in [0, 0.05) is 37.7 Å². The number of nitrogens with one attached hydrogen (secondary N) is 1. The van der Waals surface area contributed by atoms with Crippen LogP contribution in [0.5, 0.6) is 0 Å². The molecule has 0 aromatic heterocycles. The first-order valence-electron chi connectivity index (χ1n) is 6.10.